The summed E-state index contributed by atoms with van der Waals surface area (Å²) in [6.45, 7) is 6.29. The number of benzene rings is 1. The average Bonchev–Trinajstić information content (AvgIpc) is 2.21. The van der Waals surface area contributed by atoms with Crippen LogP contribution in [0, 0.1) is 6.92 Å². The summed E-state index contributed by atoms with van der Waals surface area (Å²) in [7, 11) is 0. The molecule has 88 valence electrons. The Labute approximate surface area is 97.0 Å². The van der Waals surface area contributed by atoms with Crippen LogP contribution in [0.15, 0.2) is 24.3 Å². The van der Waals surface area contributed by atoms with Gasteiger partial charge in [0.25, 0.3) is 0 Å². The second-order valence-electron chi connectivity index (χ2n) is 4.74. The highest BCUT2D eigenvalue weighted by molar-refractivity contribution is 5.79. The molecule has 1 amide bonds. The van der Waals surface area contributed by atoms with Crippen LogP contribution in [-0.4, -0.2) is 18.0 Å². The van der Waals surface area contributed by atoms with Crippen LogP contribution in [0.4, 0.5) is 0 Å². The Bertz CT molecular complexity index is 372. The molecule has 3 nitrogen and oxygen atoms in total. The molecular weight excluding hydrogens is 200 g/mol. The maximum Gasteiger partial charge on any atom is 0.224 e. The first-order valence-electron chi connectivity index (χ1n) is 5.50. The van der Waals surface area contributed by atoms with Gasteiger partial charge in [-0.3, -0.25) is 4.79 Å². The molecule has 0 aliphatic heterocycles. The number of nitrogens with one attached hydrogen (secondary N) is 1. The molecule has 0 aliphatic rings. The molecule has 1 aromatic carbocycles. The summed E-state index contributed by atoms with van der Waals surface area (Å²) < 4.78 is 0. The van der Waals surface area contributed by atoms with Gasteiger partial charge >= 0.3 is 0 Å². The highest BCUT2D eigenvalue weighted by Gasteiger charge is 2.18. The Morgan fingerprint density at radius 2 is 2.00 bits per heavy atom. The number of hydrogen-bond acceptors (Lipinski definition) is 2. The molecule has 3 N–H and O–H groups in total. The van der Waals surface area contributed by atoms with E-state index >= 15 is 0 Å². The molecule has 3 heteroatoms. The van der Waals surface area contributed by atoms with E-state index in [1.54, 1.807) is 0 Å². The van der Waals surface area contributed by atoms with Gasteiger partial charge in [0.1, 0.15) is 0 Å². The lowest BCUT2D eigenvalue weighted by atomic mass is 10.0. The molecule has 1 aromatic rings. The second-order valence-corrected chi connectivity index (χ2v) is 4.74. The lowest BCUT2D eigenvalue weighted by Crippen LogP contribution is -2.49. The van der Waals surface area contributed by atoms with Gasteiger partial charge in [-0.05, 0) is 31.9 Å². The van der Waals surface area contributed by atoms with Crippen LogP contribution in [-0.2, 0) is 11.2 Å². The Kier molecular flexibility index (Phi) is 4.07. The number of amides is 1. The van der Waals surface area contributed by atoms with Crippen LogP contribution in [0.2, 0.25) is 0 Å². The zero-order chi connectivity index (χ0) is 12.2. The lowest BCUT2D eigenvalue weighted by molar-refractivity contribution is -0.121. The van der Waals surface area contributed by atoms with Gasteiger partial charge in [-0.15, -0.1) is 0 Å². The molecule has 0 atom stereocenters. The van der Waals surface area contributed by atoms with Crippen LogP contribution in [0.1, 0.15) is 25.0 Å². The monoisotopic (exact) mass is 220 g/mol. The molecule has 1 rings (SSSR count). The second kappa shape index (κ2) is 5.12. The van der Waals surface area contributed by atoms with E-state index in [1.165, 1.54) is 0 Å². The number of hydrogen-bond donors (Lipinski definition) is 2. The minimum atomic E-state index is -0.334. The van der Waals surface area contributed by atoms with E-state index in [2.05, 4.69) is 5.32 Å². The van der Waals surface area contributed by atoms with Crippen molar-refractivity contribution >= 4 is 5.91 Å². The first kappa shape index (κ1) is 12.7. The Morgan fingerprint density at radius 3 is 2.56 bits per heavy atom. The van der Waals surface area contributed by atoms with Gasteiger partial charge in [0.15, 0.2) is 0 Å². The first-order valence-corrected chi connectivity index (χ1v) is 5.50. The molecule has 0 heterocycles. The molecule has 0 radical (unpaired) electrons. The van der Waals surface area contributed by atoms with Crippen molar-refractivity contribution in [2.24, 2.45) is 5.73 Å². The van der Waals surface area contributed by atoms with Crippen molar-refractivity contribution in [3.63, 3.8) is 0 Å². The topological polar surface area (TPSA) is 55.1 Å². The van der Waals surface area contributed by atoms with E-state index in [0.717, 1.165) is 11.1 Å². The highest BCUT2D eigenvalue weighted by Crippen LogP contribution is 2.08. The van der Waals surface area contributed by atoms with Crippen LogP contribution in [0.5, 0.6) is 0 Å². The third kappa shape index (κ3) is 3.66. The summed E-state index contributed by atoms with van der Waals surface area (Å²) in [5.74, 6) is 0.0183. The first-order chi connectivity index (χ1) is 7.44. The molecule has 0 unspecified atom stereocenters. The van der Waals surface area contributed by atoms with Crippen LogP contribution < -0.4 is 11.1 Å². The van der Waals surface area contributed by atoms with E-state index in [0.29, 0.717) is 13.0 Å². The average molecular weight is 220 g/mol. The molecule has 0 fully saturated rings. The maximum absolute atomic E-state index is 11.8. The third-order valence-corrected chi connectivity index (χ3v) is 2.60. The zero-order valence-corrected chi connectivity index (χ0v) is 10.2. The summed E-state index contributed by atoms with van der Waals surface area (Å²) in [4.78, 5) is 11.8. The molecule has 0 bridgehead atoms. The fourth-order valence-corrected chi connectivity index (χ4v) is 1.45. The fraction of sp³-hybridized carbons (Fsp3) is 0.462. The number of carbonyl (C=O) groups excluding carboxylic acids is 1. The zero-order valence-electron chi connectivity index (χ0n) is 10.2. The SMILES string of the molecule is Cc1ccccc1CC(=O)NC(C)(C)CN. The molecule has 0 saturated carbocycles. The normalized spacial score (nSPS) is 11.2. The van der Waals surface area contributed by atoms with Gasteiger partial charge in [-0.2, -0.15) is 0 Å². The van der Waals surface area contributed by atoms with E-state index in [-0.39, 0.29) is 11.4 Å². The summed E-state index contributed by atoms with van der Waals surface area (Å²) in [5, 5.41) is 2.92. The molecule has 0 saturated heterocycles. The smallest absolute Gasteiger partial charge is 0.224 e. The van der Waals surface area contributed by atoms with Gasteiger partial charge < -0.3 is 11.1 Å². The summed E-state index contributed by atoms with van der Waals surface area (Å²) in [6, 6.07) is 7.91. The van der Waals surface area contributed by atoms with E-state index < -0.39 is 0 Å². The van der Waals surface area contributed by atoms with Crippen LogP contribution in [0.25, 0.3) is 0 Å². The highest BCUT2D eigenvalue weighted by atomic mass is 16.1. The van der Waals surface area contributed by atoms with Crippen molar-refractivity contribution in [3.8, 4) is 0 Å². The number of rotatable bonds is 4. The van der Waals surface area contributed by atoms with Gasteiger partial charge in [0.2, 0.25) is 5.91 Å². The van der Waals surface area contributed by atoms with Gasteiger partial charge in [-0.25, -0.2) is 0 Å². The van der Waals surface area contributed by atoms with E-state index in [4.69, 9.17) is 5.73 Å². The van der Waals surface area contributed by atoms with Crippen molar-refractivity contribution < 1.29 is 4.79 Å². The molecule has 0 aliphatic carbocycles. The summed E-state index contributed by atoms with van der Waals surface area (Å²) in [6.07, 6.45) is 0.413. The Hall–Kier alpha value is -1.35. The van der Waals surface area contributed by atoms with Gasteiger partial charge in [-0.1, -0.05) is 24.3 Å². The van der Waals surface area contributed by atoms with Crippen molar-refractivity contribution in [2.45, 2.75) is 32.7 Å². The fourth-order valence-electron chi connectivity index (χ4n) is 1.45. The van der Waals surface area contributed by atoms with E-state index in [1.807, 2.05) is 45.0 Å². The number of carbonyl (C=O) groups is 1. The minimum absolute atomic E-state index is 0.0183. The number of nitrogens with two attached hydrogens (primary N) is 1. The third-order valence-electron chi connectivity index (χ3n) is 2.60. The summed E-state index contributed by atoms with van der Waals surface area (Å²) in [5.41, 5.74) is 7.43. The maximum atomic E-state index is 11.8. The van der Waals surface area contributed by atoms with Crippen molar-refractivity contribution in [3.05, 3.63) is 35.4 Å². The van der Waals surface area contributed by atoms with Crippen molar-refractivity contribution in [2.75, 3.05) is 6.54 Å². The predicted molar refractivity (Wildman–Crippen MR) is 66.2 cm³/mol. The van der Waals surface area contributed by atoms with Crippen molar-refractivity contribution in [1.29, 1.82) is 0 Å². The van der Waals surface area contributed by atoms with Crippen molar-refractivity contribution in [1.82, 2.24) is 5.32 Å². The van der Waals surface area contributed by atoms with Crippen LogP contribution >= 0.6 is 0 Å². The van der Waals surface area contributed by atoms with Crippen LogP contribution in [0.3, 0.4) is 0 Å². The largest absolute Gasteiger partial charge is 0.350 e. The lowest BCUT2D eigenvalue weighted by Gasteiger charge is -2.24. The standard InChI is InChI=1S/C13H20N2O/c1-10-6-4-5-7-11(10)8-12(16)15-13(2,3)9-14/h4-7H,8-9,14H2,1-3H3,(H,15,16). The predicted octanol–water partition coefficient (Wildman–Crippen LogP) is 1.39. The number of aryl methyl sites for hydroxylation is 1. The Balaban J connectivity index is 2.62. The molecule has 0 aromatic heterocycles. The molecular formula is C13H20N2O. The van der Waals surface area contributed by atoms with Gasteiger partial charge in [0, 0.05) is 12.1 Å². The molecule has 16 heavy (non-hydrogen) atoms. The van der Waals surface area contributed by atoms with E-state index in [9.17, 15) is 4.79 Å². The minimum Gasteiger partial charge on any atom is -0.350 e. The molecule has 0 spiro atoms. The van der Waals surface area contributed by atoms with Gasteiger partial charge in [0.05, 0.1) is 6.42 Å². The summed E-state index contributed by atoms with van der Waals surface area (Å²) >= 11 is 0. The quantitative estimate of drug-likeness (QED) is 0.805. The Morgan fingerprint density at radius 1 is 1.38 bits per heavy atom.